The van der Waals surface area contributed by atoms with Crippen LogP contribution in [0.5, 0.6) is 5.75 Å². The average molecular weight is 483 g/mol. The third-order valence-corrected chi connectivity index (χ3v) is 7.24. The van der Waals surface area contributed by atoms with E-state index in [1.807, 2.05) is 53.4 Å². The number of carbonyl (C=O) groups excluding carboxylic acids is 2. The molecule has 6 nitrogen and oxygen atoms in total. The second-order valence-corrected chi connectivity index (χ2v) is 10.0. The molecule has 1 fully saturated rings. The number of primary amides is 1. The molecule has 0 unspecified atom stereocenters. The lowest BCUT2D eigenvalue weighted by atomic mass is 9.88. The zero-order valence-electron chi connectivity index (χ0n) is 21.1. The normalized spacial score (nSPS) is 14.6. The summed E-state index contributed by atoms with van der Waals surface area (Å²) in [5.74, 6) is 2.38. The molecule has 0 spiro atoms. The lowest BCUT2D eigenvalue weighted by Crippen LogP contribution is -2.38. The maximum Gasteiger partial charge on any atom is 0.253 e. The smallest absolute Gasteiger partial charge is 0.253 e. The molecule has 0 atom stereocenters. The zero-order chi connectivity index (χ0) is 25.4. The molecule has 2 amide bonds. The molecular weight excluding hydrogens is 450 g/mol. The van der Waals surface area contributed by atoms with Crippen LogP contribution in [0.1, 0.15) is 53.8 Å². The number of amides is 2. The number of aromatic amines is 1. The topological polar surface area (TPSA) is 88.4 Å². The minimum Gasteiger partial charge on any atom is -0.496 e. The molecule has 5 rings (SSSR count). The SMILES string of the molecule is COc1ccccc1-c1cc(C(N)=O)c2[nH]c3cc(C(=O)N4CCC(C[C](C)C)CC4)ccc3c2c1. The molecule has 1 aliphatic rings. The number of nitrogens with zero attached hydrogens (tertiary/aromatic N) is 1. The van der Waals surface area contributed by atoms with Gasteiger partial charge in [0.1, 0.15) is 5.75 Å². The summed E-state index contributed by atoms with van der Waals surface area (Å²) in [6.07, 6.45) is 3.22. The third kappa shape index (κ3) is 4.43. The van der Waals surface area contributed by atoms with Crippen LogP contribution in [0.15, 0.2) is 54.6 Å². The zero-order valence-corrected chi connectivity index (χ0v) is 21.1. The number of hydrogen-bond acceptors (Lipinski definition) is 3. The number of likely N-dealkylation sites (tertiary alicyclic amines) is 1. The van der Waals surface area contributed by atoms with Gasteiger partial charge in [-0.1, -0.05) is 38.1 Å². The predicted molar refractivity (Wildman–Crippen MR) is 144 cm³/mol. The average Bonchev–Trinajstić information content (AvgIpc) is 3.25. The number of nitrogens with one attached hydrogen (secondary N) is 1. The number of piperidine rings is 1. The summed E-state index contributed by atoms with van der Waals surface area (Å²) < 4.78 is 5.54. The van der Waals surface area contributed by atoms with Crippen LogP contribution in [-0.2, 0) is 0 Å². The van der Waals surface area contributed by atoms with Crippen molar-refractivity contribution in [2.75, 3.05) is 20.2 Å². The first-order valence-corrected chi connectivity index (χ1v) is 12.5. The molecule has 1 radical (unpaired) electrons. The first kappa shape index (κ1) is 23.9. The minimum atomic E-state index is -0.512. The van der Waals surface area contributed by atoms with Gasteiger partial charge in [-0.05, 0) is 67.0 Å². The number of aromatic nitrogens is 1. The Labute approximate surface area is 211 Å². The van der Waals surface area contributed by atoms with E-state index in [0.29, 0.717) is 22.6 Å². The Kier molecular flexibility index (Phi) is 6.44. The molecule has 1 aliphatic heterocycles. The van der Waals surface area contributed by atoms with E-state index in [1.54, 1.807) is 13.2 Å². The molecule has 0 bridgehead atoms. The standard InChI is InChI=1S/C30H32N3O3/c1-18(2)14-19-10-12-33(13-11-19)30(35)20-8-9-23-24-15-21(22-6-4-5-7-27(22)36-3)16-25(29(31)34)28(24)32-26(23)17-20/h4-9,15-17,19,32H,10-14H2,1-3H3,(H2,31,34). The molecule has 185 valence electrons. The van der Waals surface area contributed by atoms with Crippen molar-refractivity contribution in [1.82, 2.24) is 9.88 Å². The number of rotatable bonds is 6. The second-order valence-electron chi connectivity index (χ2n) is 10.0. The van der Waals surface area contributed by atoms with Crippen LogP contribution in [0.4, 0.5) is 0 Å². The Balaban J connectivity index is 1.51. The molecule has 3 aromatic carbocycles. The maximum atomic E-state index is 13.3. The number of hydrogen-bond donors (Lipinski definition) is 2. The highest BCUT2D eigenvalue weighted by atomic mass is 16.5. The highest BCUT2D eigenvalue weighted by Crippen LogP contribution is 2.36. The van der Waals surface area contributed by atoms with Gasteiger partial charge in [-0.25, -0.2) is 0 Å². The Bertz CT molecular complexity index is 1440. The number of nitrogens with two attached hydrogens (primary N) is 1. The Hall–Kier alpha value is -3.80. The molecule has 0 saturated carbocycles. The van der Waals surface area contributed by atoms with E-state index in [9.17, 15) is 9.59 Å². The van der Waals surface area contributed by atoms with Gasteiger partial charge in [-0.3, -0.25) is 9.59 Å². The Morgan fingerprint density at radius 1 is 1.03 bits per heavy atom. The third-order valence-electron chi connectivity index (χ3n) is 7.24. The highest BCUT2D eigenvalue weighted by molar-refractivity contribution is 6.17. The van der Waals surface area contributed by atoms with E-state index in [2.05, 4.69) is 18.8 Å². The summed E-state index contributed by atoms with van der Waals surface area (Å²) in [4.78, 5) is 31.0. The molecule has 2 heterocycles. The van der Waals surface area contributed by atoms with Crippen LogP contribution < -0.4 is 10.5 Å². The summed E-state index contributed by atoms with van der Waals surface area (Å²) in [5, 5.41) is 1.82. The van der Waals surface area contributed by atoms with Crippen LogP contribution in [0, 0.1) is 11.8 Å². The number of fused-ring (bicyclic) bond motifs is 3. The van der Waals surface area contributed by atoms with Gasteiger partial charge in [0.25, 0.3) is 11.8 Å². The van der Waals surface area contributed by atoms with Gasteiger partial charge in [0.2, 0.25) is 0 Å². The monoisotopic (exact) mass is 482 g/mol. The first-order valence-electron chi connectivity index (χ1n) is 12.5. The van der Waals surface area contributed by atoms with Crippen LogP contribution in [0.25, 0.3) is 32.9 Å². The number of ether oxygens (including phenoxy) is 1. The van der Waals surface area contributed by atoms with Crippen molar-refractivity contribution in [3.05, 3.63) is 71.6 Å². The van der Waals surface area contributed by atoms with Crippen molar-refractivity contribution < 1.29 is 14.3 Å². The quantitative estimate of drug-likeness (QED) is 0.356. The molecule has 36 heavy (non-hydrogen) atoms. The lowest BCUT2D eigenvalue weighted by molar-refractivity contribution is 0.0688. The summed E-state index contributed by atoms with van der Waals surface area (Å²) in [6, 6.07) is 17.3. The Morgan fingerprint density at radius 2 is 1.78 bits per heavy atom. The van der Waals surface area contributed by atoms with E-state index in [4.69, 9.17) is 10.5 Å². The molecule has 1 aromatic heterocycles. The summed E-state index contributed by atoms with van der Waals surface area (Å²) >= 11 is 0. The van der Waals surface area contributed by atoms with E-state index in [0.717, 1.165) is 65.5 Å². The van der Waals surface area contributed by atoms with Gasteiger partial charge in [-0.15, -0.1) is 0 Å². The fourth-order valence-electron chi connectivity index (χ4n) is 5.47. The number of H-pyrrole nitrogens is 1. The van der Waals surface area contributed by atoms with Gasteiger partial charge in [0.05, 0.1) is 18.2 Å². The number of benzene rings is 3. The number of para-hydroxylation sites is 1. The molecular formula is C30H32N3O3. The van der Waals surface area contributed by atoms with Crippen molar-refractivity contribution >= 4 is 33.6 Å². The van der Waals surface area contributed by atoms with Crippen LogP contribution >= 0.6 is 0 Å². The lowest BCUT2D eigenvalue weighted by Gasteiger charge is -2.32. The fraction of sp³-hybridized carbons (Fsp3) is 0.300. The molecule has 1 saturated heterocycles. The van der Waals surface area contributed by atoms with Gasteiger partial charge < -0.3 is 20.4 Å². The van der Waals surface area contributed by atoms with Gasteiger partial charge >= 0.3 is 0 Å². The Morgan fingerprint density at radius 3 is 2.47 bits per heavy atom. The van der Waals surface area contributed by atoms with E-state index < -0.39 is 5.91 Å². The predicted octanol–water partition coefficient (Wildman–Crippen LogP) is 5.95. The molecule has 3 N–H and O–H groups in total. The molecule has 6 heteroatoms. The van der Waals surface area contributed by atoms with Gasteiger partial charge in [0, 0.05) is 40.5 Å². The summed E-state index contributed by atoms with van der Waals surface area (Å²) in [5.41, 5.74) is 10.0. The van der Waals surface area contributed by atoms with Crippen molar-refractivity contribution in [3.8, 4) is 16.9 Å². The fourth-order valence-corrected chi connectivity index (χ4v) is 5.47. The van der Waals surface area contributed by atoms with Crippen LogP contribution in [0.2, 0.25) is 0 Å². The number of methoxy groups -OCH3 is 1. The first-order chi connectivity index (χ1) is 17.4. The highest BCUT2D eigenvalue weighted by Gasteiger charge is 2.25. The van der Waals surface area contributed by atoms with Crippen LogP contribution in [0.3, 0.4) is 0 Å². The maximum absolute atomic E-state index is 13.3. The minimum absolute atomic E-state index is 0.0519. The van der Waals surface area contributed by atoms with Crippen molar-refractivity contribution in [2.24, 2.45) is 11.7 Å². The van der Waals surface area contributed by atoms with Gasteiger partial charge in [-0.2, -0.15) is 0 Å². The largest absolute Gasteiger partial charge is 0.496 e. The van der Waals surface area contributed by atoms with Crippen molar-refractivity contribution in [2.45, 2.75) is 33.1 Å². The second kappa shape index (κ2) is 9.69. The van der Waals surface area contributed by atoms with Crippen molar-refractivity contribution in [3.63, 3.8) is 0 Å². The molecule has 4 aromatic rings. The van der Waals surface area contributed by atoms with E-state index in [1.165, 1.54) is 5.92 Å². The molecule has 0 aliphatic carbocycles. The van der Waals surface area contributed by atoms with E-state index >= 15 is 0 Å². The summed E-state index contributed by atoms with van der Waals surface area (Å²) in [6.45, 7) is 5.93. The number of carbonyl (C=O) groups is 2. The van der Waals surface area contributed by atoms with Gasteiger partial charge in [0.15, 0.2) is 0 Å². The van der Waals surface area contributed by atoms with Crippen LogP contribution in [-0.4, -0.2) is 41.9 Å². The van der Waals surface area contributed by atoms with Crippen molar-refractivity contribution in [1.29, 1.82) is 0 Å². The summed E-state index contributed by atoms with van der Waals surface area (Å²) in [7, 11) is 1.63. The van der Waals surface area contributed by atoms with E-state index in [-0.39, 0.29) is 5.91 Å².